The molecule has 0 spiro atoms. The topological polar surface area (TPSA) is 57.3 Å². The van der Waals surface area contributed by atoms with Crippen molar-refractivity contribution >= 4 is 16.7 Å². The van der Waals surface area contributed by atoms with Gasteiger partial charge in [0.05, 0.1) is 19.7 Å². The number of ether oxygens (including phenoxy) is 1. The van der Waals surface area contributed by atoms with Crippen molar-refractivity contribution < 1.29 is 9.66 Å². The molecule has 0 amide bonds. The molecular formula is C16H14N2O3. The van der Waals surface area contributed by atoms with Crippen molar-refractivity contribution in [3.8, 4) is 16.9 Å². The lowest BCUT2D eigenvalue weighted by Gasteiger charge is -2.03. The van der Waals surface area contributed by atoms with E-state index in [1.165, 1.54) is 0 Å². The quantitative estimate of drug-likeness (QED) is 0.543. The van der Waals surface area contributed by atoms with Crippen LogP contribution in [0.15, 0.2) is 48.5 Å². The van der Waals surface area contributed by atoms with E-state index in [9.17, 15) is 10.1 Å². The van der Waals surface area contributed by atoms with Crippen molar-refractivity contribution in [2.24, 2.45) is 7.05 Å². The van der Waals surface area contributed by atoms with E-state index in [-0.39, 0.29) is 10.7 Å². The first-order valence-corrected chi connectivity index (χ1v) is 6.49. The SMILES string of the molecule is COc1ccc(-c2c([N+](=O)[O-])n(C)c3ccccc23)cc1. The Balaban J connectivity index is 2.34. The molecule has 0 atom stereocenters. The minimum atomic E-state index is -0.334. The van der Waals surface area contributed by atoms with Gasteiger partial charge in [-0.1, -0.05) is 24.3 Å². The molecule has 0 unspecified atom stereocenters. The lowest BCUT2D eigenvalue weighted by Crippen LogP contribution is -1.98. The highest BCUT2D eigenvalue weighted by molar-refractivity contribution is 6.01. The first kappa shape index (κ1) is 13.2. The van der Waals surface area contributed by atoms with Crippen molar-refractivity contribution in [1.29, 1.82) is 0 Å². The van der Waals surface area contributed by atoms with Crippen LogP contribution in [0.4, 0.5) is 5.82 Å². The summed E-state index contributed by atoms with van der Waals surface area (Å²) in [6.07, 6.45) is 0. The van der Waals surface area contributed by atoms with Gasteiger partial charge in [-0.3, -0.25) is 0 Å². The molecule has 2 aromatic carbocycles. The van der Waals surface area contributed by atoms with Crippen LogP contribution < -0.4 is 4.74 Å². The van der Waals surface area contributed by atoms with Crippen molar-refractivity contribution in [3.05, 3.63) is 58.6 Å². The standard InChI is InChI=1S/C16H14N2O3/c1-17-14-6-4-3-5-13(14)15(16(17)18(19)20)11-7-9-12(21-2)10-8-11/h3-10H,1-2H3. The minimum Gasteiger partial charge on any atom is -0.497 e. The highest BCUT2D eigenvalue weighted by Gasteiger charge is 2.25. The smallest absolute Gasteiger partial charge is 0.331 e. The molecule has 1 aromatic heterocycles. The van der Waals surface area contributed by atoms with Crippen LogP contribution >= 0.6 is 0 Å². The average Bonchev–Trinajstić information content (AvgIpc) is 2.81. The van der Waals surface area contributed by atoms with Gasteiger partial charge in [0.1, 0.15) is 11.3 Å². The molecule has 5 heteroatoms. The third-order valence-electron chi connectivity index (χ3n) is 3.63. The van der Waals surface area contributed by atoms with E-state index < -0.39 is 0 Å². The molecule has 0 saturated heterocycles. The van der Waals surface area contributed by atoms with E-state index in [1.807, 2.05) is 36.4 Å². The Morgan fingerprint density at radius 2 is 1.76 bits per heavy atom. The van der Waals surface area contributed by atoms with Crippen LogP contribution in [0.3, 0.4) is 0 Å². The normalized spacial score (nSPS) is 10.8. The molecular weight excluding hydrogens is 268 g/mol. The fourth-order valence-electron chi connectivity index (χ4n) is 2.64. The Hall–Kier alpha value is -2.82. The van der Waals surface area contributed by atoms with Gasteiger partial charge in [0.2, 0.25) is 0 Å². The number of fused-ring (bicyclic) bond motifs is 1. The van der Waals surface area contributed by atoms with E-state index in [4.69, 9.17) is 4.74 Å². The van der Waals surface area contributed by atoms with Crippen LogP contribution in [-0.4, -0.2) is 16.6 Å². The maximum atomic E-state index is 11.5. The van der Waals surface area contributed by atoms with E-state index >= 15 is 0 Å². The third kappa shape index (κ3) is 2.03. The van der Waals surface area contributed by atoms with Gasteiger partial charge in [0.15, 0.2) is 0 Å². The highest BCUT2D eigenvalue weighted by Crippen LogP contribution is 2.39. The number of benzene rings is 2. The molecule has 3 aromatic rings. The molecule has 0 aliphatic rings. The summed E-state index contributed by atoms with van der Waals surface area (Å²) in [7, 11) is 3.31. The number of para-hydroxylation sites is 1. The average molecular weight is 282 g/mol. The molecule has 0 aliphatic heterocycles. The summed E-state index contributed by atoms with van der Waals surface area (Å²) >= 11 is 0. The number of hydrogen-bond acceptors (Lipinski definition) is 3. The number of nitro groups is 1. The Labute approximate surface area is 121 Å². The molecule has 1 heterocycles. The van der Waals surface area contributed by atoms with Gasteiger partial charge in [0.25, 0.3) is 0 Å². The number of nitrogens with zero attached hydrogens (tertiary/aromatic N) is 2. The summed E-state index contributed by atoms with van der Waals surface area (Å²) in [5.41, 5.74) is 2.29. The Bertz CT molecular complexity index is 819. The maximum absolute atomic E-state index is 11.5. The Kier molecular flexibility index (Phi) is 3.10. The second-order valence-corrected chi connectivity index (χ2v) is 4.76. The summed E-state index contributed by atoms with van der Waals surface area (Å²) in [5.74, 6) is 0.822. The Morgan fingerprint density at radius 1 is 1.10 bits per heavy atom. The zero-order valence-corrected chi connectivity index (χ0v) is 11.7. The number of methoxy groups -OCH3 is 1. The zero-order chi connectivity index (χ0) is 15.0. The number of aryl methyl sites for hydroxylation is 1. The molecule has 0 N–H and O–H groups in total. The van der Waals surface area contributed by atoms with Crippen LogP contribution in [0.2, 0.25) is 0 Å². The molecule has 0 saturated carbocycles. The number of rotatable bonds is 3. The zero-order valence-electron chi connectivity index (χ0n) is 11.7. The highest BCUT2D eigenvalue weighted by atomic mass is 16.6. The van der Waals surface area contributed by atoms with Crippen LogP contribution in [0.5, 0.6) is 5.75 Å². The van der Waals surface area contributed by atoms with Crippen LogP contribution in [0.1, 0.15) is 0 Å². The van der Waals surface area contributed by atoms with Gasteiger partial charge in [-0.15, -0.1) is 0 Å². The van der Waals surface area contributed by atoms with E-state index in [0.717, 1.165) is 22.2 Å². The van der Waals surface area contributed by atoms with Gasteiger partial charge in [-0.2, -0.15) is 0 Å². The molecule has 3 rings (SSSR count). The Morgan fingerprint density at radius 3 is 2.38 bits per heavy atom. The lowest BCUT2D eigenvalue weighted by atomic mass is 10.0. The van der Waals surface area contributed by atoms with Gasteiger partial charge in [0, 0.05) is 5.39 Å². The van der Waals surface area contributed by atoms with Crippen LogP contribution in [0, 0.1) is 10.1 Å². The molecule has 5 nitrogen and oxygen atoms in total. The van der Waals surface area contributed by atoms with Gasteiger partial charge in [-0.25, -0.2) is 4.57 Å². The summed E-state index contributed by atoms with van der Waals surface area (Å²) in [6, 6.07) is 14.9. The predicted molar refractivity (Wildman–Crippen MR) is 81.6 cm³/mol. The molecule has 0 bridgehead atoms. The number of hydrogen-bond donors (Lipinski definition) is 0. The van der Waals surface area contributed by atoms with Crippen molar-refractivity contribution in [1.82, 2.24) is 4.57 Å². The molecule has 106 valence electrons. The van der Waals surface area contributed by atoms with Crippen molar-refractivity contribution in [3.63, 3.8) is 0 Å². The largest absolute Gasteiger partial charge is 0.497 e. The minimum absolute atomic E-state index is 0.0985. The monoisotopic (exact) mass is 282 g/mol. The second-order valence-electron chi connectivity index (χ2n) is 4.76. The van der Waals surface area contributed by atoms with Crippen LogP contribution in [0.25, 0.3) is 22.0 Å². The summed E-state index contributed by atoms with van der Waals surface area (Å²) in [6.45, 7) is 0. The summed E-state index contributed by atoms with van der Waals surface area (Å²) in [4.78, 5) is 11.1. The van der Waals surface area contributed by atoms with E-state index in [2.05, 4.69) is 0 Å². The fraction of sp³-hybridized carbons (Fsp3) is 0.125. The van der Waals surface area contributed by atoms with E-state index in [1.54, 1.807) is 30.9 Å². The second kappa shape index (κ2) is 4.94. The first-order valence-electron chi connectivity index (χ1n) is 6.49. The van der Waals surface area contributed by atoms with Gasteiger partial charge < -0.3 is 14.9 Å². The van der Waals surface area contributed by atoms with E-state index in [0.29, 0.717) is 5.56 Å². The molecule has 0 radical (unpaired) electrons. The summed E-state index contributed by atoms with van der Waals surface area (Å²) in [5, 5.41) is 12.3. The van der Waals surface area contributed by atoms with Crippen molar-refractivity contribution in [2.75, 3.05) is 7.11 Å². The molecule has 0 aliphatic carbocycles. The maximum Gasteiger partial charge on any atom is 0.331 e. The van der Waals surface area contributed by atoms with Crippen LogP contribution in [-0.2, 0) is 7.05 Å². The fourth-order valence-corrected chi connectivity index (χ4v) is 2.64. The van der Waals surface area contributed by atoms with Crippen molar-refractivity contribution in [2.45, 2.75) is 0 Å². The molecule has 0 fully saturated rings. The third-order valence-corrected chi connectivity index (χ3v) is 3.63. The first-order chi connectivity index (χ1) is 10.1. The summed E-state index contributed by atoms with van der Waals surface area (Å²) < 4.78 is 6.76. The lowest BCUT2D eigenvalue weighted by molar-refractivity contribution is -0.390. The number of aromatic nitrogens is 1. The van der Waals surface area contributed by atoms with Gasteiger partial charge >= 0.3 is 5.82 Å². The van der Waals surface area contributed by atoms with Gasteiger partial charge in [-0.05, 0) is 34.8 Å². The predicted octanol–water partition coefficient (Wildman–Crippen LogP) is 3.76. The molecule has 21 heavy (non-hydrogen) atoms.